The lowest BCUT2D eigenvalue weighted by molar-refractivity contribution is 0.415. The minimum atomic E-state index is 0. The van der Waals surface area contributed by atoms with Crippen molar-refractivity contribution in [2.45, 2.75) is 26.2 Å². The maximum absolute atomic E-state index is 5.88. The summed E-state index contributed by atoms with van der Waals surface area (Å²) < 4.78 is 5.29. The fourth-order valence-corrected chi connectivity index (χ4v) is 2.70. The van der Waals surface area contributed by atoms with Gasteiger partial charge in [0.15, 0.2) is 5.96 Å². The molecule has 2 rings (SSSR count). The number of unbranched alkanes of at least 4 members (excludes halogenated alkanes) is 1. The summed E-state index contributed by atoms with van der Waals surface area (Å²) in [6.07, 6.45) is 3.45. The van der Waals surface area contributed by atoms with Crippen molar-refractivity contribution in [3.8, 4) is 5.75 Å². The Morgan fingerprint density at radius 3 is 3.04 bits per heavy atom. The molecular formula is C17H29IN4O. The predicted octanol–water partition coefficient (Wildman–Crippen LogP) is 2.84. The van der Waals surface area contributed by atoms with Gasteiger partial charge in [0.05, 0.1) is 7.11 Å². The Morgan fingerprint density at radius 2 is 2.30 bits per heavy atom. The van der Waals surface area contributed by atoms with Crippen LogP contribution in [0.3, 0.4) is 0 Å². The van der Waals surface area contributed by atoms with Crippen molar-refractivity contribution in [3.05, 3.63) is 24.3 Å². The van der Waals surface area contributed by atoms with Crippen molar-refractivity contribution in [2.24, 2.45) is 16.6 Å². The highest BCUT2D eigenvalue weighted by Crippen LogP contribution is 2.26. The van der Waals surface area contributed by atoms with Crippen LogP contribution < -0.4 is 20.7 Å². The Kier molecular flexibility index (Phi) is 9.13. The van der Waals surface area contributed by atoms with E-state index in [-0.39, 0.29) is 24.0 Å². The second-order valence-electron chi connectivity index (χ2n) is 5.81. The van der Waals surface area contributed by atoms with E-state index in [0.29, 0.717) is 11.9 Å². The number of anilines is 1. The van der Waals surface area contributed by atoms with E-state index in [1.807, 2.05) is 12.1 Å². The summed E-state index contributed by atoms with van der Waals surface area (Å²) in [5.74, 6) is 2.05. The van der Waals surface area contributed by atoms with Gasteiger partial charge >= 0.3 is 0 Å². The zero-order valence-electron chi connectivity index (χ0n) is 14.1. The van der Waals surface area contributed by atoms with E-state index in [1.54, 1.807) is 7.11 Å². The Balaban J connectivity index is 0.00000264. The molecule has 1 unspecified atom stereocenters. The molecule has 0 saturated carbocycles. The van der Waals surface area contributed by atoms with Gasteiger partial charge in [0.2, 0.25) is 0 Å². The predicted molar refractivity (Wildman–Crippen MR) is 108 cm³/mol. The summed E-state index contributed by atoms with van der Waals surface area (Å²) >= 11 is 0. The fraction of sp³-hybridized carbons (Fsp3) is 0.588. The molecule has 0 radical (unpaired) electrons. The molecule has 1 heterocycles. The van der Waals surface area contributed by atoms with Gasteiger partial charge in [0.25, 0.3) is 0 Å². The third-order valence-corrected chi connectivity index (χ3v) is 4.06. The Bertz CT molecular complexity index is 495. The molecular weight excluding hydrogens is 403 g/mol. The van der Waals surface area contributed by atoms with Crippen molar-refractivity contribution in [1.82, 2.24) is 5.32 Å². The van der Waals surface area contributed by atoms with Gasteiger partial charge in [-0.05, 0) is 30.9 Å². The van der Waals surface area contributed by atoms with Crippen LogP contribution in [-0.4, -0.2) is 39.2 Å². The van der Waals surface area contributed by atoms with Crippen molar-refractivity contribution >= 4 is 35.6 Å². The van der Waals surface area contributed by atoms with Crippen molar-refractivity contribution in [1.29, 1.82) is 0 Å². The lowest BCUT2D eigenvalue weighted by Gasteiger charge is -2.19. The highest BCUT2D eigenvalue weighted by atomic mass is 127. The standard InChI is InChI=1S/C17H28N4O.HI/c1-3-4-9-19-17(18)20-12-14-8-10-21(13-14)15-6-5-7-16(11-15)22-2;/h5-7,11,14H,3-4,8-10,12-13H2,1-2H3,(H3,18,19,20);1H. The summed E-state index contributed by atoms with van der Waals surface area (Å²) in [6.45, 7) is 5.97. The lowest BCUT2D eigenvalue weighted by atomic mass is 10.1. The number of hydrogen-bond donors (Lipinski definition) is 2. The Morgan fingerprint density at radius 1 is 1.48 bits per heavy atom. The van der Waals surface area contributed by atoms with E-state index < -0.39 is 0 Å². The van der Waals surface area contributed by atoms with Gasteiger partial charge in [-0.25, -0.2) is 0 Å². The molecule has 0 aromatic heterocycles. The van der Waals surface area contributed by atoms with Gasteiger partial charge in [-0.15, -0.1) is 24.0 Å². The lowest BCUT2D eigenvalue weighted by Crippen LogP contribution is -2.33. The minimum Gasteiger partial charge on any atom is -0.497 e. The highest BCUT2D eigenvalue weighted by Gasteiger charge is 2.22. The average molecular weight is 432 g/mol. The Hall–Kier alpha value is -1.18. The second kappa shape index (κ2) is 10.6. The molecule has 0 amide bonds. The quantitative estimate of drug-likeness (QED) is 0.301. The van der Waals surface area contributed by atoms with E-state index in [4.69, 9.17) is 10.5 Å². The van der Waals surface area contributed by atoms with E-state index >= 15 is 0 Å². The van der Waals surface area contributed by atoms with Crippen molar-refractivity contribution < 1.29 is 4.74 Å². The molecule has 3 N–H and O–H groups in total. The number of nitrogens with two attached hydrogens (primary N) is 1. The van der Waals surface area contributed by atoms with Gasteiger partial charge in [-0.2, -0.15) is 0 Å². The zero-order valence-corrected chi connectivity index (χ0v) is 16.5. The first-order valence-corrected chi connectivity index (χ1v) is 8.15. The summed E-state index contributed by atoms with van der Waals surface area (Å²) in [6, 6.07) is 8.24. The molecule has 1 fully saturated rings. The number of hydrogen-bond acceptors (Lipinski definition) is 3. The smallest absolute Gasteiger partial charge is 0.188 e. The number of aliphatic imine (C=N–C) groups is 1. The maximum atomic E-state index is 5.88. The van der Waals surface area contributed by atoms with Crippen molar-refractivity contribution in [3.63, 3.8) is 0 Å². The molecule has 0 spiro atoms. The van der Waals surface area contributed by atoms with Gasteiger partial charge in [0, 0.05) is 37.9 Å². The topological polar surface area (TPSA) is 62.9 Å². The number of methoxy groups -OCH3 is 1. The molecule has 6 heteroatoms. The van der Waals surface area contributed by atoms with Crippen LogP contribution in [0.2, 0.25) is 0 Å². The van der Waals surface area contributed by atoms with Crippen LogP contribution in [0, 0.1) is 5.92 Å². The molecule has 1 aliphatic rings. The molecule has 1 saturated heterocycles. The molecule has 1 atom stereocenters. The molecule has 23 heavy (non-hydrogen) atoms. The third kappa shape index (κ3) is 6.45. The van der Waals surface area contributed by atoms with Gasteiger partial charge < -0.3 is 20.7 Å². The molecule has 1 aliphatic heterocycles. The van der Waals surface area contributed by atoms with Crippen LogP contribution in [0.15, 0.2) is 29.3 Å². The van der Waals surface area contributed by atoms with Crippen LogP contribution in [-0.2, 0) is 0 Å². The first kappa shape index (κ1) is 19.9. The Labute approximate surface area is 156 Å². The molecule has 1 aromatic rings. The van der Waals surface area contributed by atoms with Crippen LogP contribution in [0.1, 0.15) is 26.2 Å². The second-order valence-corrected chi connectivity index (χ2v) is 5.81. The number of benzene rings is 1. The number of nitrogens with one attached hydrogen (secondary N) is 1. The normalized spacial score (nSPS) is 17.7. The van der Waals surface area contributed by atoms with Crippen LogP contribution in [0.25, 0.3) is 0 Å². The van der Waals surface area contributed by atoms with Crippen LogP contribution in [0.4, 0.5) is 5.69 Å². The first-order valence-electron chi connectivity index (χ1n) is 8.15. The minimum absolute atomic E-state index is 0. The summed E-state index contributed by atoms with van der Waals surface area (Å²) in [4.78, 5) is 6.86. The maximum Gasteiger partial charge on any atom is 0.188 e. The van der Waals surface area contributed by atoms with E-state index in [2.05, 4.69) is 34.3 Å². The van der Waals surface area contributed by atoms with Gasteiger partial charge in [-0.1, -0.05) is 19.4 Å². The fourth-order valence-electron chi connectivity index (χ4n) is 2.70. The largest absolute Gasteiger partial charge is 0.497 e. The number of rotatable bonds is 7. The number of ether oxygens (including phenoxy) is 1. The van der Waals surface area contributed by atoms with E-state index in [1.165, 1.54) is 12.1 Å². The number of guanidine groups is 1. The van der Waals surface area contributed by atoms with Gasteiger partial charge in [0.1, 0.15) is 5.75 Å². The van der Waals surface area contributed by atoms with Gasteiger partial charge in [-0.3, -0.25) is 4.99 Å². The van der Waals surface area contributed by atoms with E-state index in [0.717, 1.165) is 44.8 Å². The number of halogens is 1. The molecule has 5 nitrogen and oxygen atoms in total. The SMILES string of the molecule is CCCCNC(N)=NCC1CCN(c2cccc(OC)c2)C1.I. The number of nitrogens with zero attached hydrogens (tertiary/aromatic N) is 2. The monoisotopic (exact) mass is 432 g/mol. The first-order chi connectivity index (χ1) is 10.7. The zero-order chi connectivity index (χ0) is 15.8. The average Bonchev–Trinajstić information content (AvgIpc) is 3.02. The van der Waals surface area contributed by atoms with Crippen LogP contribution in [0.5, 0.6) is 5.75 Å². The molecule has 1 aromatic carbocycles. The summed E-state index contributed by atoms with van der Waals surface area (Å²) in [7, 11) is 1.70. The molecule has 0 aliphatic carbocycles. The molecule has 0 bridgehead atoms. The van der Waals surface area contributed by atoms with Crippen LogP contribution >= 0.6 is 24.0 Å². The van der Waals surface area contributed by atoms with Crippen molar-refractivity contribution in [2.75, 3.05) is 38.2 Å². The third-order valence-electron chi connectivity index (χ3n) is 4.06. The summed E-state index contributed by atoms with van der Waals surface area (Å²) in [5.41, 5.74) is 7.11. The summed E-state index contributed by atoms with van der Waals surface area (Å²) in [5, 5.41) is 3.16. The van der Waals surface area contributed by atoms with E-state index in [9.17, 15) is 0 Å². The molecule has 130 valence electrons. The highest BCUT2D eigenvalue weighted by molar-refractivity contribution is 14.0.